The summed E-state index contributed by atoms with van der Waals surface area (Å²) in [6, 6.07) is 13.0. The third kappa shape index (κ3) is 5.47. The second-order valence-electron chi connectivity index (χ2n) is 6.04. The number of carbonyl (C=O) groups is 1. The number of hydrogen-bond donors (Lipinski definition) is 1. The Hall–Kier alpha value is -2.05. The summed E-state index contributed by atoms with van der Waals surface area (Å²) in [5.41, 5.74) is 0.812. The highest BCUT2D eigenvalue weighted by molar-refractivity contribution is 7.90. The van der Waals surface area contributed by atoms with Gasteiger partial charge in [-0.25, -0.2) is 8.42 Å². The summed E-state index contributed by atoms with van der Waals surface area (Å²) in [6.07, 6.45) is 1.04. The number of rotatable bonds is 7. The number of halogens is 1. The normalized spacial score (nSPS) is 13.7. The second-order valence-corrected chi connectivity index (χ2v) is 8.49. The maximum Gasteiger partial charge on any atom is 0.261 e. The number of hydrogen-bond acceptors (Lipinski definition) is 4. The average Bonchev–Trinajstić information content (AvgIpc) is 2.60. The van der Waals surface area contributed by atoms with Gasteiger partial charge in [-0.15, -0.1) is 0 Å². The smallest absolute Gasteiger partial charge is 0.261 e. The van der Waals surface area contributed by atoms with Crippen molar-refractivity contribution in [1.82, 2.24) is 5.32 Å². The van der Waals surface area contributed by atoms with Gasteiger partial charge in [0.2, 0.25) is 0 Å². The van der Waals surface area contributed by atoms with Gasteiger partial charge in [0.25, 0.3) is 5.91 Å². The van der Waals surface area contributed by atoms with E-state index < -0.39 is 15.9 Å². The van der Waals surface area contributed by atoms with E-state index in [1.165, 1.54) is 12.1 Å². The Morgan fingerprint density at radius 3 is 2.19 bits per heavy atom. The molecular formula is C19H22ClNO4S. The van der Waals surface area contributed by atoms with E-state index in [1.807, 2.05) is 13.8 Å². The summed E-state index contributed by atoms with van der Waals surface area (Å²) in [5.74, 6) is 0.337. The van der Waals surface area contributed by atoms with Crippen molar-refractivity contribution in [2.45, 2.75) is 37.3 Å². The second kappa shape index (κ2) is 8.56. The van der Waals surface area contributed by atoms with Crippen LogP contribution in [0.5, 0.6) is 5.75 Å². The van der Waals surface area contributed by atoms with E-state index in [2.05, 4.69) is 5.32 Å². The van der Waals surface area contributed by atoms with Gasteiger partial charge in [-0.3, -0.25) is 4.79 Å². The van der Waals surface area contributed by atoms with Crippen LogP contribution in [-0.2, 0) is 14.6 Å². The van der Waals surface area contributed by atoms with Crippen LogP contribution in [0.25, 0.3) is 0 Å². The molecule has 5 nitrogen and oxygen atoms in total. The predicted octanol–water partition coefficient (Wildman–Crippen LogP) is 3.78. The van der Waals surface area contributed by atoms with Gasteiger partial charge in [0.15, 0.2) is 15.9 Å². The lowest BCUT2D eigenvalue weighted by Crippen LogP contribution is -2.39. The van der Waals surface area contributed by atoms with Gasteiger partial charge in [-0.2, -0.15) is 0 Å². The van der Waals surface area contributed by atoms with E-state index in [9.17, 15) is 13.2 Å². The maximum atomic E-state index is 12.5. The molecule has 140 valence electrons. The van der Waals surface area contributed by atoms with E-state index >= 15 is 0 Å². The Morgan fingerprint density at radius 2 is 1.69 bits per heavy atom. The largest absolute Gasteiger partial charge is 0.481 e. The molecule has 2 aromatic rings. The summed E-state index contributed by atoms with van der Waals surface area (Å²) in [5, 5.41) is 3.50. The zero-order valence-electron chi connectivity index (χ0n) is 14.9. The molecule has 0 fully saturated rings. The minimum atomic E-state index is -3.24. The third-order valence-electron chi connectivity index (χ3n) is 3.92. The first kappa shape index (κ1) is 20.3. The maximum absolute atomic E-state index is 12.5. The number of benzene rings is 2. The highest BCUT2D eigenvalue weighted by Crippen LogP contribution is 2.19. The fraction of sp³-hybridized carbons (Fsp3) is 0.316. The summed E-state index contributed by atoms with van der Waals surface area (Å²) in [6.45, 7) is 3.70. The van der Waals surface area contributed by atoms with E-state index in [4.69, 9.17) is 16.3 Å². The van der Waals surface area contributed by atoms with Crippen molar-refractivity contribution in [1.29, 1.82) is 0 Å². The molecule has 1 N–H and O–H groups in total. The van der Waals surface area contributed by atoms with Crippen LogP contribution in [0.3, 0.4) is 0 Å². The van der Waals surface area contributed by atoms with Gasteiger partial charge < -0.3 is 10.1 Å². The van der Waals surface area contributed by atoms with Gasteiger partial charge in [0.1, 0.15) is 5.75 Å². The molecule has 0 unspecified atom stereocenters. The first-order valence-corrected chi connectivity index (χ1v) is 10.5. The number of sulfone groups is 1. The van der Waals surface area contributed by atoms with Crippen molar-refractivity contribution in [3.63, 3.8) is 0 Å². The lowest BCUT2D eigenvalue weighted by atomic mass is 10.1. The molecule has 0 saturated carbocycles. The van der Waals surface area contributed by atoms with Crippen molar-refractivity contribution in [3.8, 4) is 5.75 Å². The summed E-state index contributed by atoms with van der Waals surface area (Å²) in [7, 11) is -3.24. The monoisotopic (exact) mass is 395 g/mol. The van der Waals surface area contributed by atoms with Crippen LogP contribution in [0.15, 0.2) is 53.4 Å². The fourth-order valence-electron chi connectivity index (χ4n) is 2.39. The van der Waals surface area contributed by atoms with Crippen LogP contribution in [0, 0.1) is 0 Å². The molecule has 2 aromatic carbocycles. The molecule has 26 heavy (non-hydrogen) atoms. The molecule has 7 heteroatoms. The number of carbonyl (C=O) groups excluding carboxylic acids is 1. The Kier molecular flexibility index (Phi) is 6.67. The van der Waals surface area contributed by atoms with Crippen LogP contribution in [-0.4, -0.2) is 26.7 Å². The average molecular weight is 396 g/mol. The molecule has 0 aliphatic heterocycles. The van der Waals surface area contributed by atoms with Crippen LogP contribution >= 0.6 is 11.6 Å². The summed E-state index contributed by atoms with van der Waals surface area (Å²) >= 11 is 5.85. The SMILES string of the molecule is CC[C@@H](Oc1ccc(Cl)cc1)C(=O)N[C@@H](C)c1ccc(S(C)(=O)=O)cc1. The Labute approximate surface area is 159 Å². The van der Waals surface area contributed by atoms with E-state index in [1.54, 1.807) is 36.4 Å². The van der Waals surface area contributed by atoms with E-state index in [0.717, 1.165) is 11.8 Å². The topological polar surface area (TPSA) is 72.5 Å². The zero-order chi connectivity index (χ0) is 19.3. The molecule has 2 atom stereocenters. The molecule has 2 rings (SSSR count). The summed E-state index contributed by atoms with van der Waals surface area (Å²) < 4.78 is 28.8. The zero-order valence-corrected chi connectivity index (χ0v) is 16.5. The minimum Gasteiger partial charge on any atom is -0.481 e. The lowest BCUT2D eigenvalue weighted by Gasteiger charge is -2.21. The van der Waals surface area contributed by atoms with Crippen molar-refractivity contribution in [3.05, 3.63) is 59.1 Å². The van der Waals surface area contributed by atoms with Crippen LogP contribution in [0.2, 0.25) is 5.02 Å². The van der Waals surface area contributed by atoms with Gasteiger partial charge in [0, 0.05) is 11.3 Å². The third-order valence-corrected chi connectivity index (χ3v) is 5.30. The Bertz CT molecular complexity index is 848. The summed E-state index contributed by atoms with van der Waals surface area (Å²) in [4.78, 5) is 12.7. The van der Waals surface area contributed by atoms with Crippen LogP contribution in [0.1, 0.15) is 31.9 Å². The van der Waals surface area contributed by atoms with Crippen LogP contribution < -0.4 is 10.1 Å². The molecule has 0 aliphatic carbocycles. The van der Waals surface area contributed by atoms with E-state index in [0.29, 0.717) is 17.2 Å². The lowest BCUT2D eigenvalue weighted by molar-refractivity contribution is -0.128. The standard InChI is InChI=1S/C19H22ClNO4S/c1-4-18(25-16-9-7-15(20)8-10-16)19(22)21-13(2)14-5-11-17(12-6-14)26(3,23)24/h5-13,18H,4H2,1-3H3,(H,21,22)/t13-,18+/m0/s1. The number of ether oxygens (including phenoxy) is 1. The van der Waals surface area contributed by atoms with Gasteiger partial charge in [-0.1, -0.05) is 30.7 Å². The molecule has 0 saturated heterocycles. The molecule has 0 aliphatic rings. The van der Waals surface area contributed by atoms with Gasteiger partial charge in [-0.05, 0) is 55.3 Å². The first-order valence-electron chi connectivity index (χ1n) is 8.23. The molecule has 0 bridgehead atoms. The highest BCUT2D eigenvalue weighted by atomic mass is 35.5. The molecule has 0 heterocycles. The Morgan fingerprint density at radius 1 is 1.12 bits per heavy atom. The first-order chi connectivity index (χ1) is 12.2. The quantitative estimate of drug-likeness (QED) is 0.774. The predicted molar refractivity (Wildman–Crippen MR) is 102 cm³/mol. The number of amides is 1. The van der Waals surface area contributed by atoms with Crippen molar-refractivity contribution >= 4 is 27.3 Å². The van der Waals surface area contributed by atoms with Gasteiger partial charge in [0.05, 0.1) is 10.9 Å². The Balaban J connectivity index is 2.03. The van der Waals surface area contributed by atoms with Gasteiger partial charge >= 0.3 is 0 Å². The highest BCUT2D eigenvalue weighted by Gasteiger charge is 2.21. The molecule has 1 amide bonds. The molecular weight excluding hydrogens is 374 g/mol. The van der Waals surface area contributed by atoms with Crippen LogP contribution in [0.4, 0.5) is 0 Å². The van der Waals surface area contributed by atoms with Crippen molar-refractivity contribution in [2.75, 3.05) is 6.26 Å². The molecule has 0 radical (unpaired) electrons. The molecule has 0 spiro atoms. The number of nitrogens with one attached hydrogen (secondary N) is 1. The fourth-order valence-corrected chi connectivity index (χ4v) is 3.15. The van der Waals surface area contributed by atoms with E-state index in [-0.39, 0.29) is 16.8 Å². The van der Waals surface area contributed by atoms with Crippen molar-refractivity contribution < 1.29 is 17.9 Å². The van der Waals surface area contributed by atoms with Crippen molar-refractivity contribution in [2.24, 2.45) is 0 Å². The minimum absolute atomic E-state index is 0.234. The molecule has 0 aromatic heterocycles.